The minimum atomic E-state index is -0.456. The lowest BCUT2D eigenvalue weighted by molar-refractivity contribution is -0.136. The van der Waals surface area contributed by atoms with E-state index in [1.807, 2.05) is 67.3 Å². The fourth-order valence-electron chi connectivity index (χ4n) is 3.33. The molecule has 27 heavy (non-hydrogen) atoms. The Morgan fingerprint density at radius 1 is 1.11 bits per heavy atom. The van der Waals surface area contributed by atoms with Gasteiger partial charge in [-0.05, 0) is 49.8 Å². The zero-order valence-corrected chi connectivity index (χ0v) is 16.6. The Kier molecular flexibility index (Phi) is 5.46. The van der Waals surface area contributed by atoms with E-state index >= 15 is 0 Å². The monoisotopic (exact) mass is 382 g/mol. The molecular formula is C21H22N2O3S. The lowest BCUT2D eigenvalue weighted by Crippen LogP contribution is -2.48. The molecule has 6 heteroatoms. The summed E-state index contributed by atoms with van der Waals surface area (Å²) in [4.78, 5) is 14.5. The molecule has 0 aliphatic carbocycles. The van der Waals surface area contributed by atoms with Gasteiger partial charge in [0.2, 0.25) is 0 Å². The number of anilines is 1. The Morgan fingerprint density at radius 2 is 1.85 bits per heavy atom. The number of hydrogen-bond acceptors (Lipinski definition) is 4. The van der Waals surface area contributed by atoms with Gasteiger partial charge in [-0.15, -0.1) is 0 Å². The second-order valence-electron chi connectivity index (χ2n) is 6.29. The van der Waals surface area contributed by atoms with Crippen molar-refractivity contribution >= 4 is 29.0 Å². The second-order valence-corrected chi connectivity index (χ2v) is 6.68. The van der Waals surface area contributed by atoms with Gasteiger partial charge in [0.05, 0.1) is 25.8 Å². The molecule has 0 saturated heterocycles. The number of allylic oxidation sites excluding steroid dienone is 1. The first-order chi connectivity index (χ1) is 13.0. The summed E-state index contributed by atoms with van der Waals surface area (Å²) < 4.78 is 10.6. The molecule has 0 radical (unpaired) electrons. The Morgan fingerprint density at radius 3 is 2.52 bits per heavy atom. The normalized spacial score (nSPS) is 16.8. The van der Waals surface area contributed by atoms with Crippen LogP contribution < -0.4 is 15.0 Å². The molecule has 0 bridgehead atoms. The van der Waals surface area contributed by atoms with Crippen molar-refractivity contribution in [3.8, 4) is 5.75 Å². The fourth-order valence-corrected chi connectivity index (χ4v) is 3.69. The quantitative estimate of drug-likeness (QED) is 0.640. The Bertz CT molecular complexity index is 923. The number of nitrogens with one attached hydrogen (secondary N) is 1. The van der Waals surface area contributed by atoms with Crippen LogP contribution in [0.3, 0.4) is 0 Å². The van der Waals surface area contributed by atoms with Crippen LogP contribution in [0.25, 0.3) is 0 Å². The van der Waals surface area contributed by atoms with Gasteiger partial charge in [0.25, 0.3) is 0 Å². The molecule has 0 fully saturated rings. The molecule has 5 nitrogen and oxygen atoms in total. The third-order valence-electron chi connectivity index (χ3n) is 4.60. The summed E-state index contributed by atoms with van der Waals surface area (Å²) in [7, 11) is 2.99. The number of rotatable bonds is 4. The number of ether oxygens (including phenoxy) is 2. The van der Waals surface area contributed by atoms with Crippen molar-refractivity contribution in [2.75, 3.05) is 19.1 Å². The predicted octanol–water partition coefficient (Wildman–Crippen LogP) is 3.89. The topological polar surface area (TPSA) is 50.8 Å². The average molecular weight is 382 g/mol. The molecule has 1 unspecified atom stereocenters. The maximum absolute atomic E-state index is 12.7. The molecule has 1 aliphatic heterocycles. The molecule has 1 heterocycles. The van der Waals surface area contributed by atoms with Gasteiger partial charge < -0.3 is 14.8 Å². The molecule has 3 rings (SSSR count). The number of hydrogen-bond donors (Lipinski definition) is 1. The number of carbonyl (C=O) groups excluding carboxylic acids is 1. The second kappa shape index (κ2) is 7.80. The van der Waals surface area contributed by atoms with E-state index in [4.69, 9.17) is 21.7 Å². The van der Waals surface area contributed by atoms with E-state index in [0.717, 1.165) is 22.5 Å². The highest BCUT2D eigenvalue weighted by Gasteiger charge is 2.36. The molecule has 0 saturated carbocycles. The van der Waals surface area contributed by atoms with E-state index in [1.54, 1.807) is 7.11 Å². The number of para-hydroxylation sites is 1. The van der Waals surface area contributed by atoms with Crippen molar-refractivity contribution in [1.29, 1.82) is 0 Å². The first-order valence-corrected chi connectivity index (χ1v) is 8.98. The van der Waals surface area contributed by atoms with E-state index in [2.05, 4.69) is 5.32 Å². The largest absolute Gasteiger partial charge is 0.496 e. The van der Waals surface area contributed by atoms with Crippen LogP contribution in [-0.4, -0.2) is 25.3 Å². The van der Waals surface area contributed by atoms with Gasteiger partial charge in [-0.3, -0.25) is 4.90 Å². The molecular weight excluding hydrogens is 360 g/mol. The van der Waals surface area contributed by atoms with Gasteiger partial charge in [0, 0.05) is 16.9 Å². The van der Waals surface area contributed by atoms with E-state index in [0.29, 0.717) is 16.4 Å². The van der Waals surface area contributed by atoms with Gasteiger partial charge in [0.15, 0.2) is 5.11 Å². The summed E-state index contributed by atoms with van der Waals surface area (Å²) in [5, 5.41) is 3.81. The van der Waals surface area contributed by atoms with E-state index in [1.165, 1.54) is 7.11 Å². The standard InChI is InChI=1S/C21H22N2O3S/c1-13-8-7-9-15(12-13)23-14(2)18(20(24)26-4)19(22-21(23)27)16-10-5-6-11-17(16)25-3/h5-12,19H,1-4H3,(H,22,27). The number of carbonyl (C=O) groups is 1. The summed E-state index contributed by atoms with van der Waals surface area (Å²) in [6.07, 6.45) is 0. The highest BCUT2D eigenvalue weighted by atomic mass is 32.1. The molecule has 1 aliphatic rings. The summed E-state index contributed by atoms with van der Waals surface area (Å²) in [5.74, 6) is 0.270. The smallest absolute Gasteiger partial charge is 0.337 e. The number of methoxy groups -OCH3 is 2. The zero-order valence-electron chi connectivity index (χ0n) is 15.8. The highest BCUT2D eigenvalue weighted by Crippen LogP contribution is 2.37. The van der Waals surface area contributed by atoms with E-state index in [9.17, 15) is 4.79 Å². The number of thiocarbonyl (C=S) groups is 1. The molecule has 1 atom stereocenters. The van der Waals surface area contributed by atoms with Crippen LogP contribution in [0.4, 0.5) is 5.69 Å². The number of benzene rings is 2. The van der Waals surface area contributed by atoms with Crippen molar-refractivity contribution in [2.45, 2.75) is 19.9 Å². The number of aryl methyl sites for hydroxylation is 1. The van der Waals surface area contributed by atoms with Gasteiger partial charge >= 0.3 is 5.97 Å². The average Bonchev–Trinajstić information content (AvgIpc) is 2.67. The first-order valence-electron chi connectivity index (χ1n) is 8.57. The van der Waals surface area contributed by atoms with Crippen molar-refractivity contribution < 1.29 is 14.3 Å². The van der Waals surface area contributed by atoms with E-state index < -0.39 is 12.0 Å². The van der Waals surface area contributed by atoms with Crippen molar-refractivity contribution in [3.63, 3.8) is 0 Å². The lowest BCUT2D eigenvalue weighted by Gasteiger charge is -2.37. The van der Waals surface area contributed by atoms with Gasteiger partial charge in [-0.1, -0.05) is 30.3 Å². The van der Waals surface area contributed by atoms with Crippen LogP contribution in [0.15, 0.2) is 59.8 Å². The minimum absolute atomic E-state index is 0.406. The summed E-state index contributed by atoms with van der Waals surface area (Å²) in [6.45, 7) is 3.89. The molecule has 0 spiro atoms. The lowest BCUT2D eigenvalue weighted by atomic mass is 9.94. The molecule has 0 amide bonds. The van der Waals surface area contributed by atoms with Crippen molar-refractivity contribution in [1.82, 2.24) is 5.32 Å². The molecule has 0 aromatic heterocycles. The molecule has 2 aromatic rings. The number of nitrogens with zero attached hydrogens (tertiary/aromatic N) is 1. The summed E-state index contributed by atoms with van der Waals surface area (Å²) >= 11 is 5.65. The van der Waals surface area contributed by atoms with Crippen molar-refractivity contribution in [3.05, 3.63) is 70.9 Å². The van der Waals surface area contributed by atoms with Crippen LogP contribution >= 0.6 is 12.2 Å². The van der Waals surface area contributed by atoms with Crippen molar-refractivity contribution in [2.24, 2.45) is 0 Å². The summed E-state index contributed by atoms with van der Waals surface area (Å²) in [5.41, 5.74) is 4.05. The van der Waals surface area contributed by atoms with Crippen LogP contribution in [0, 0.1) is 6.92 Å². The van der Waals surface area contributed by atoms with Crippen LogP contribution in [0.2, 0.25) is 0 Å². The van der Waals surface area contributed by atoms with E-state index in [-0.39, 0.29) is 0 Å². The molecule has 1 N–H and O–H groups in total. The third-order valence-corrected chi connectivity index (χ3v) is 4.90. The molecule has 2 aromatic carbocycles. The van der Waals surface area contributed by atoms with Crippen LogP contribution in [-0.2, 0) is 9.53 Å². The van der Waals surface area contributed by atoms with Gasteiger partial charge in [0.1, 0.15) is 5.75 Å². The van der Waals surface area contributed by atoms with Gasteiger partial charge in [-0.2, -0.15) is 0 Å². The Hall–Kier alpha value is -2.86. The number of esters is 1. The van der Waals surface area contributed by atoms with Gasteiger partial charge in [-0.25, -0.2) is 4.79 Å². The third kappa shape index (κ3) is 3.53. The maximum atomic E-state index is 12.7. The highest BCUT2D eigenvalue weighted by molar-refractivity contribution is 7.80. The minimum Gasteiger partial charge on any atom is -0.496 e. The Balaban J connectivity index is 2.18. The zero-order chi connectivity index (χ0) is 19.6. The van der Waals surface area contributed by atoms with Crippen LogP contribution in [0.5, 0.6) is 5.75 Å². The summed E-state index contributed by atoms with van der Waals surface area (Å²) in [6, 6.07) is 15.1. The SMILES string of the molecule is COC(=O)C1=C(C)N(c2cccc(C)c2)C(=S)NC1c1ccccc1OC. The fraction of sp³-hybridized carbons (Fsp3) is 0.238. The maximum Gasteiger partial charge on any atom is 0.337 e. The molecule has 140 valence electrons. The Labute approximate surface area is 164 Å². The predicted molar refractivity (Wildman–Crippen MR) is 110 cm³/mol. The first kappa shape index (κ1) is 18.9. The van der Waals surface area contributed by atoms with Crippen LogP contribution in [0.1, 0.15) is 24.1 Å².